The summed E-state index contributed by atoms with van der Waals surface area (Å²) < 4.78 is 0. The molecule has 0 unspecified atom stereocenters. The average molecular weight is 324 g/mol. The highest BCUT2D eigenvalue weighted by Crippen LogP contribution is 2.22. The van der Waals surface area contributed by atoms with Crippen LogP contribution in [0.15, 0.2) is 53.5 Å². The van der Waals surface area contributed by atoms with Crippen molar-refractivity contribution < 1.29 is 4.79 Å². The van der Waals surface area contributed by atoms with Crippen LogP contribution in [0.3, 0.4) is 0 Å². The minimum Gasteiger partial charge on any atom is -0.332 e. The van der Waals surface area contributed by atoms with E-state index in [0.29, 0.717) is 6.54 Å². The van der Waals surface area contributed by atoms with Crippen LogP contribution in [0, 0.1) is 6.92 Å². The molecular weight excluding hydrogens is 308 g/mol. The molecule has 6 heteroatoms. The Morgan fingerprint density at radius 2 is 1.91 bits per heavy atom. The second-order valence-corrected chi connectivity index (χ2v) is 5.82. The van der Waals surface area contributed by atoms with Gasteiger partial charge in [-0.15, -0.1) is 0 Å². The van der Waals surface area contributed by atoms with Gasteiger partial charge < -0.3 is 10.6 Å². The van der Waals surface area contributed by atoms with Gasteiger partial charge in [0, 0.05) is 29.0 Å². The number of hydrogen-bond donors (Lipinski definition) is 2. The van der Waals surface area contributed by atoms with Crippen LogP contribution in [0.4, 0.5) is 10.5 Å². The van der Waals surface area contributed by atoms with E-state index in [0.717, 1.165) is 28.2 Å². The van der Waals surface area contributed by atoms with Crippen LogP contribution in [-0.4, -0.2) is 16.0 Å². The smallest absolute Gasteiger partial charge is 0.319 e. The average Bonchev–Trinajstić information content (AvgIpc) is 3.10. The minimum absolute atomic E-state index is 0.268. The second kappa shape index (κ2) is 7.02. The highest BCUT2D eigenvalue weighted by molar-refractivity contribution is 7.08. The molecule has 0 fully saturated rings. The monoisotopic (exact) mass is 324 g/mol. The van der Waals surface area contributed by atoms with Crippen LogP contribution < -0.4 is 10.6 Å². The summed E-state index contributed by atoms with van der Waals surface area (Å²) in [5.74, 6) is 0. The lowest BCUT2D eigenvalue weighted by Gasteiger charge is -2.09. The molecule has 0 saturated heterocycles. The quantitative estimate of drug-likeness (QED) is 0.766. The maximum absolute atomic E-state index is 12.0. The summed E-state index contributed by atoms with van der Waals surface area (Å²) in [6, 6.07) is 9.36. The molecule has 1 aromatic carbocycles. The van der Waals surface area contributed by atoms with E-state index in [1.54, 1.807) is 23.7 Å². The molecule has 3 rings (SSSR count). The first-order valence-electron chi connectivity index (χ1n) is 7.16. The van der Waals surface area contributed by atoms with Crippen molar-refractivity contribution >= 4 is 23.1 Å². The SMILES string of the molecule is Cc1ccc(NC(=O)NCc2nccnc2-c2ccsc2)cc1. The lowest BCUT2D eigenvalue weighted by atomic mass is 10.2. The number of aromatic nitrogens is 2. The van der Waals surface area contributed by atoms with E-state index in [2.05, 4.69) is 20.6 Å². The van der Waals surface area contributed by atoms with E-state index in [9.17, 15) is 4.79 Å². The van der Waals surface area contributed by atoms with Gasteiger partial charge in [-0.2, -0.15) is 11.3 Å². The first-order valence-corrected chi connectivity index (χ1v) is 8.10. The van der Waals surface area contributed by atoms with Gasteiger partial charge in [-0.3, -0.25) is 9.97 Å². The highest BCUT2D eigenvalue weighted by Gasteiger charge is 2.09. The van der Waals surface area contributed by atoms with Crippen molar-refractivity contribution in [2.24, 2.45) is 0 Å². The Morgan fingerprint density at radius 3 is 2.65 bits per heavy atom. The van der Waals surface area contributed by atoms with Gasteiger partial charge in [-0.05, 0) is 30.5 Å². The number of nitrogens with zero attached hydrogens (tertiary/aromatic N) is 2. The van der Waals surface area contributed by atoms with Gasteiger partial charge in [-0.25, -0.2) is 4.79 Å². The number of aryl methyl sites for hydroxylation is 1. The summed E-state index contributed by atoms with van der Waals surface area (Å²) in [5, 5.41) is 9.62. The molecule has 0 bridgehead atoms. The molecule has 5 nitrogen and oxygen atoms in total. The molecule has 2 N–H and O–H groups in total. The van der Waals surface area contributed by atoms with Crippen LogP contribution in [-0.2, 0) is 6.54 Å². The zero-order valence-electron chi connectivity index (χ0n) is 12.6. The topological polar surface area (TPSA) is 66.9 Å². The number of urea groups is 1. The Bertz CT molecular complexity index is 785. The van der Waals surface area contributed by atoms with Crippen molar-refractivity contribution in [3.63, 3.8) is 0 Å². The molecule has 2 aromatic heterocycles. The molecular formula is C17H16N4OS. The second-order valence-electron chi connectivity index (χ2n) is 5.04. The first-order chi connectivity index (χ1) is 11.2. The van der Waals surface area contributed by atoms with Gasteiger partial charge in [0.25, 0.3) is 0 Å². The summed E-state index contributed by atoms with van der Waals surface area (Å²) >= 11 is 1.60. The predicted octanol–water partition coefficient (Wildman–Crippen LogP) is 3.84. The zero-order valence-corrected chi connectivity index (χ0v) is 13.4. The summed E-state index contributed by atoms with van der Waals surface area (Å²) in [7, 11) is 0. The fraction of sp³-hybridized carbons (Fsp3) is 0.118. The van der Waals surface area contributed by atoms with E-state index in [-0.39, 0.29) is 6.03 Å². The van der Waals surface area contributed by atoms with Crippen LogP contribution in [0.25, 0.3) is 11.3 Å². The molecule has 0 saturated carbocycles. The van der Waals surface area contributed by atoms with Crippen molar-refractivity contribution in [2.75, 3.05) is 5.32 Å². The molecule has 0 aliphatic heterocycles. The fourth-order valence-electron chi connectivity index (χ4n) is 2.11. The van der Waals surface area contributed by atoms with Crippen molar-refractivity contribution in [1.29, 1.82) is 0 Å². The third kappa shape index (κ3) is 3.92. The normalized spacial score (nSPS) is 10.3. The summed E-state index contributed by atoms with van der Waals surface area (Å²) in [6.07, 6.45) is 3.29. The standard InChI is InChI=1S/C17H16N4OS/c1-12-2-4-14(5-3-12)21-17(22)20-10-15-16(19-8-7-18-15)13-6-9-23-11-13/h2-9,11H,10H2,1H3,(H2,20,21,22). The molecule has 116 valence electrons. The third-order valence-corrected chi connectivity index (χ3v) is 3.98. The van der Waals surface area contributed by atoms with Crippen molar-refractivity contribution in [2.45, 2.75) is 13.5 Å². The molecule has 2 amide bonds. The molecule has 0 aliphatic rings. The van der Waals surface area contributed by atoms with Gasteiger partial charge in [0.15, 0.2) is 0 Å². The molecule has 0 radical (unpaired) electrons. The number of thiophene rings is 1. The Balaban J connectivity index is 1.64. The first kappa shape index (κ1) is 15.2. The predicted molar refractivity (Wildman–Crippen MR) is 92.4 cm³/mol. The molecule has 0 atom stereocenters. The Hall–Kier alpha value is -2.73. The fourth-order valence-corrected chi connectivity index (χ4v) is 2.75. The molecule has 3 aromatic rings. The van der Waals surface area contributed by atoms with Crippen molar-refractivity contribution in [3.05, 3.63) is 64.7 Å². The number of hydrogen-bond acceptors (Lipinski definition) is 4. The van der Waals surface area contributed by atoms with E-state index >= 15 is 0 Å². The molecule has 2 heterocycles. The number of benzene rings is 1. The number of nitrogens with one attached hydrogen (secondary N) is 2. The number of carbonyl (C=O) groups excluding carboxylic acids is 1. The van der Waals surface area contributed by atoms with Crippen LogP contribution in [0.5, 0.6) is 0 Å². The van der Waals surface area contributed by atoms with E-state index in [4.69, 9.17) is 0 Å². The Kier molecular flexibility index (Phi) is 4.63. The van der Waals surface area contributed by atoms with E-state index in [1.807, 2.05) is 48.0 Å². The van der Waals surface area contributed by atoms with Crippen LogP contribution >= 0.6 is 11.3 Å². The molecule has 0 spiro atoms. The van der Waals surface area contributed by atoms with E-state index in [1.165, 1.54) is 0 Å². The Labute approximate surface area is 138 Å². The van der Waals surface area contributed by atoms with Gasteiger partial charge in [0.2, 0.25) is 0 Å². The minimum atomic E-state index is -0.268. The largest absolute Gasteiger partial charge is 0.332 e. The number of carbonyl (C=O) groups is 1. The van der Waals surface area contributed by atoms with Crippen LogP contribution in [0.2, 0.25) is 0 Å². The van der Waals surface area contributed by atoms with Gasteiger partial charge in [0.1, 0.15) is 0 Å². The Morgan fingerprint density at radius 1 is 1.13 bits per heavy atom. The number of anilines is 1. The third-order valence-electron chi connectivity index (χ3n) is 3.29. The zero-order chi connectivity index (χ0) is 16.1. The molecule has 0 aliphatic carbocycles. The van der Waals surface area contributed by atoms with E-state index < -0.39 is 0 Å². The lowest BCUT2D eigenvalue weighted by Crippen LogP contribution is -2.28. The number of amides is 2. The number of rotatable bonds is 4. The summed E-state index contributed by atoms with van der Waals surface area (Å²) in [4.78, 5) is 20.7. The highest BCUT2D eigenvalue weighted by atomic mass is 32.1. The van der Waals surface area contributed by atoms with Gasteiger partial charge in [-0.1, -0.05) is 17.7 Å². The summed E-state index contributed by atoms with van der Waals surface area (Å²) in [5.41, 5.74) is 4.45. The maximum Gasteiger partial charge on any atom is 0.319 e. The summed E-state index contributed by atoms with van der Waals surface area (Å²) in [6.45, 7) is 2.32. The maximum atomic E-state index is 12.0. The van der Waals surface area contributed by atoms with Crippen LogP contribution in [0.1, 0.15) is 11.3 Å². The van der Waals surface area contributed by atoms with Gasteiger partial charge in [0.05, 0.1) is 17.9 Å². The van der Waals surface area contributed by atoms with Crippen molar-refractivity contribution in [3.8, 4) is 11.3 Å². The lowest BCUT2D eigenvalue weighted by molar-refractivity contribution is 0.251. The van der Waals surface area contributed by atoms with Gasteiger partial charge >= 0.3 is 6.03 Å². The molecule has 23 heavy (non-hydrogen) atoms. The van der Waals surface area contributed by atoms with Crippen molar-refractivity contribution in [1.82, 2.24) is 15.3 Å².